The van der Waals surface area contributed by atoms with Gasteiger partial charge in [-0.25, -0.2) is 4.79 Å². The zero-order chi connectivity index (χ0) is 11.3. The molecule has 80 valence electrons. The highest BCUT2D eigenvalue weighted by atomic mass is 35.5. The SMILES string of the molecule is Cc1ccc(/C(=C\CCCl)C(=O)O)cc1. The molecule has 1 N–H and O–H groups in total. The minimum atomic E-state index is -0.913. The number of carbonyl (C=O) groups is 1. The van der Waals surface area contributed by atoms with Crippen LogP contribution >= 0.6 is 11.6 Å². The van der Waals surface area contributed by atoms with Crippen molar-refractivity contribution in [2.75, 3.05) is 5.88 Å². The van der Waals surface area contributed by atoms with Gasteiger partial charge >= 0.3 is 5.97 Å². The van der Waals surface area contributed by atoms with Crippen LogP contribution in [0.2, 0.25) is 0 Å². The van der Waals surface area contributed by atoms with Gasteiger partial charge in [-0.05, 0) is 18.9 Å². The zero-order valence-corrected chi connectivity index (χ0v) is 9.29. The first-order chi connectivity index (χ1) is 7.15. The smallest absolute Gasteiger partial charge is 0.335 e. The van der Waals surface area contributed by atoms with Gasteiger partial charge in [-0.1, -0.05) is 35.9 Å². The molecule has 1 aromatic carbocycles. The maximum atomic E-state index is 11.0. The number of benzene rings is 1. The molecule has 0 radical (unpaired) electrons. The molecule has 15 heavy (non-hydrogen) atoms. The molecule has 0 bridgehead atoms. The van der Waals surface area contributed by atoms with Crippen molar-refractivity contribution in [3.63, 3.8) is 0 Å². The molecule has 0 aromatic heterocycles. The van der Waals surface area contributed by atoms with E-state index in [2.05, 4.69) is 0 Å². The van der Waals surface area contributed by atoms with E-state index in [9.17, 15) is 4.79 Å². The molecule has 0 fully saturated rings. The monoisotopic (exact) mass is 224 g/mol. The van der Waals surface area contributed by atoms with Crippen LogP contribution in [0.4, 0.5) is 0 Å². The topological polar surface area (TPSA) is 37.3 Å². The Morgan fingerprint density at radius 3 is 2.47 bits per heavy atom. The molecule has 0 amide bonds. The van der Waals surface area contributed by atoms with Crippen molar-refractivity contribution < 1.29 is 9.90 Å². The van der Waals surface area contributed by atoms with Crippen molar-refractivity contribution in [2.45, 2.75) is 13.3 Å². The van der Waals surface area contributed by atoms with Crippen LogP contribution in [0.1, 0.15) is 17.5 Å². The Balaban J connectivity index is 2.99. The van der Waals surface area contributed by atoms with Crippen molar-refractivity contribution in [1.82, 2.24) is 0 Å². The van der Waals surface area contributed by atoms with Crippen LogP contribution in [0.15, 0.2) is 30.3 Å². The number of hydrogen-bond donors (Lipinski definition) is 1. The van der Waals surface area contributed by atoms with Crippen molar-refractivity contribution in [3.05, 3.63) is 41.5 Å². The number of alkyl halides is 1. The summed E-state index contributed by atoms with van der Waals surface area (Å²) in [6, 6.07) is 7.41. The maximum Gasteiger partial charge on any atom is 0.335 e. The summed E-state index contributed by atoms with van der Waals surface area (Å²) in [5, 5.41) is 9.01. The van der Waals surface area contributed by atoms with E-state index in [0.717, 1.165) is 11.1 Å². The van der Waals surface area contributed by atoms with Gasteiger partial charge < -0.3 is 5.11 Å². The lowest BCUT2D eigenvalue weighted by atomic mass is 10.0. The summed E-state index contributed by atoms with van der Waals surface area (Å²) in [4.78, 5) is 11.0. The number of aliphatic carboxylic acids is 1. The second kappa shape index (κ2) is 5.56. The highest BCUT2D eigenvalue weighted by Gasteiger charge is 2.08. The van der Waals surface area contributed by atoms with E-state index in [4.69, 9.17) is 16.7 Å². The second-order valence-corrected chi connectivity index (χ2v) is 3.64. The summed E-state index contributed by atoms with van der Waals surface area (Å²) in [6.45, 7) is 1.96. The second-order valence-electron chi connectivity index (χ2n) is 3.27. The number of carboxylic acids is 1. The summed E-state index contributed by atoms with van der Waals surface area (Å²) in [5.74, 6) is -0.480. The molecule has 0 atom stereocenters. The molecule has 0 aliphatic rings. The van der Waals surface area contributed by atoms with Gasteiger partial charge in [-0.3, -0.25) is 0 Å². The van der Waals surface area contributed by atoms with Gasteiger partial charge in [0.15, 0.2) is 0 Å². The number of halogens is 1. The Labute approximate surface area is 94.2 Å². The van der Waals surface area contributed by atoms with E-state index in [1.165, 1.54) is 0 Å². The van der Waals surface area contributed by atoms with Gasteiger partial charge in [0.2, 0.25) is 0 Å². The van der Waals surface area contributed by atoms with Crippen LogP contribution in [0.5, 0.6) is 0 Å². The Morgan fingerprint density at radius 2 is 2.00 bits per heavy atom. The molecule has 0 heterocycles. The molecular weight excluding hydrogens is 212 g/mol. The lowest BCUT2D eigenvalue weighted by Crippen LogP contribution is -1.99. The van der Waals surface area contributed by atoms with Gasteiger partial charge in [-0.15, -0.1) is 11.6 Å². The van der Waals surface area contributed by atoms with Crippen molar-refractivity contribution in [2.24, 2.45) is 0 Å². The van der Waals surface area contributed by atoms with E-state index < -0.39 is 5.97 Å². The molecular formula is C12H13ClO2. The minimum Gasteiger partial charge on any atom is -0.478 e. The first-order valence-electron chi connectivity index (χ1n) is 4.71. The highest BCUT2D eigenvalue weighted by molar-refractivity contribution is 6.18. The van der Waals surface area contributed by atoms with E-state index in [1.807, 2.05) is 31.2 Å². The molecule has 0 spiro atoms. The van der Waals surface area contributed by atoms with Crippen molar-refractivity contribution in [1.29, 1.82) is 0 Å². The molecule has 1 aromatic rings. The normalized spacial score (nSPS) is 11.5. The first-order valence-corrected chi connectivity index (χ1v) is 5.25. The minimum absolute atomic E-state index is 0.315. The Morgan fingerprint density at radius 1 is 1.40 bits per heavy atom. The van der Waals surface area contributed by atoms with Gasteiger partial charge in [-0.2, -0.15) is 0 Å². The Bertz CT molecular complexity index is 366. The van der Waals surface area contributed by atoms with E-state index in [0.29, 0.717) is 17.9 Å². The number of hydrogen-bond acceptors (Lipinski definition) is 1. The van der Waals surface area contributed by atoms with Crippen LogP contribution in [0, 0.1) is 6.92 Å². The molecule has 0 saturated heterocycles. The van der Waals surface area contributed by atoms with Gasteiger partial charge in [0, 0.05) is 5.88 Å². The number of allylic oxidation sites excluding steroid dienone is 1. The summed E-state index contributed by atoms with van der Waals surface area (Å²) < 4.78 is 0. The average Bonchev–Trinajstić information content (AvgIpc) is 2.21. The third-order valence-electron chi connectivity index (χ3n) is 2.05. The number of carboxylic acid groups (broad SMARTS) is 1. The summed E-state index contributed by atoms with van der Waals surface area (Å²) in [5.41, 5.74) is 2.15. The quantitative estimate of drug-likeness (QED) is 0.630. The maximum absolute atomic E-state index is 11.0. The van der Waals surface area contributed by atoms with Crippen molar-refractivity contribution in [3.8, 4) is 0 Å². The van der Waals surface area contributed by atoms with E-state index >= 15 is 0 Å². The first kappa shape index (κ1) is 11.8. The van der Waals surface area contributed by atoms with Crippen LogP contribution < -0.4 is 0 Å². The molecule has 3 heteroatoms. The zero-order valence-electron chi connectivity index (χ0n) is 8.53. The molecule has 0 saturated carbocycles. The average molecular weight is 225 g/mol. The van der Waals surface area contributed by atoms with Crippen LogP contribution in [-0.4, -0.2) is 17.0 Å². The van der Waals surface area contributed by atoms with Crippen molar-refractivity contribution >= 4 is 23.1 Å². The summed E-state index contributed by atoms with van der Waals surface area (Å²) in [6.07, 6.45) is 2.22. The van der Waals surface area contributed by atoms with E-state index in [-0.39, 0.29) is 0 Å². The third kappa shape index (κ3) is 3.40. The number of rotatable bonds is 4. The Kier molecular flexibility index (Phi) is 4.37. The van der Waals surface area contributed by atoms with Crippen LogP contribution in [0.3, 0.4) is 0 Å². The van der Waals surface area contributed by atoms with Gasteiger partial charge in [0.25, 0.3) is 0 Å². The Hall–Kier alpha value is -1.28. The fourth-order valence-electron chi connectivity index (χ4n) is 1.26. The fraction of sp³-hybridized carbons (Fsp3) is 0.250. The van der Waals surface area contributed by atoms with Gasteiger partial charge in [0.05, 0.1) is 5.57 Å². The molecule has 1 rings (SSSR count). The molecule has 0 aliphatic carbocycles. The third-order valence-corrected chi connectivity index (χ3v) is 2.27. The number of aryl methyl sites for hydroxylation is 1. The highest BCUT2D eigenvalue weighted by Crippen LogP contribution is 2.16. The lowest BCUT2D eigenvalue weighted by Gasteiger charge is -2.02. The largest absolute Gasteiger partial charge is 0.478 e. The lowest BCUT2D eigenvalue weighted by molar-refractivity contribution is -0.130. The fourth-order valence-corrected chi connectivity index (χ4v) is 1.37. The molecule has 2 nitrogen and oxygen atoms in total. The molecule has 0 aliphatic heterocycles. The predicted molar refractivity (Wildman–Crippen MR) is 62.1 cm³/mol. The summed E-state index contributed by atoms with van der Waals surface area (Å²) in [7, 11) is 0. The predicted octanol–water partition coefficient (Wildman–Crippen LogP) is 3.09. The van der Waals surface area contributed by atoms with Crippen LogP contribution in [0.25, 0.3) is 5.57 Å². The summed E-state index contributed by atoms with van der Waals surface area (Å²) >= 11 is 5.53. The standard InChI is InChI=1S/C12H13ClO2/c1-9-4-6-10(7-5-9)11(12(14)15)3-2-8-13/h3-7H,2,8H2,1H3,(H,14,15)/b11-3+. The van der Waals surface area contributed by atoms with Crippen LogP contribution in [-0.2, 0) is 4.79 Å². The van der Waals surface area contributed by atoms with E-state index in [1.54, 1.807) is 6.08 Å². The van der Waals surface area contributed by atoms with Gasteiger partial charge in [0.1, 0.15) is 0 Å². The molecule has 0 unspecified atom stereocenters.